The largest absolute Gasteiger partial charge is 0.486 e. The Hall–Kier alpha value is -3.41. The van der Waals surface area contributed by atoms with Crippen LogP contribution in [0.2, 0.25) is 0 Å². The molecular formula is C27H26N2O3. The summed E-state index contributed by atoms with van der Waals surface area (Å²) in [4.78, 5) is 14.9. The van der Waals surface area contributed by atoms with Crippen molar-refractivity contribution >= 4 is 10.9 Å². The van der Waals surface area contributed by atoms with E-state index in [1.165, 1.54) is 17.2 Å². The predicted molar refractivity (Wildman–Crippen MR) is 126 cm³/mol. The molecule has 0 saturated heterocycles. The van der Waals surface area contributed by atoms with Crippen molar-refractivity contribution in [2.24, 2.45) is 0 Å². The molecule has 0 saturated carbocycles. The van der Waals surface area contributed by atoms with Crippen LogP contribution in [0.1, 0.15) is 28.4 Å². The molecule has 0 fully saturated rings. The van der Waals surface area contributed by atoms with Crippen LogP contribution in [0.3, 0.4) is 0 Å². The molecule has 5 rings (SSSR count). The molecule has 4 aromatic rings. The number of aliphatic hydroxyl groups excluding tert-OH is 1. The van der Waals surface area contributed by atoms with Crippen molar-refractivity contribution < 1.29 is 9.84 Å². The number of benzene rings is 3. The topological polar surface area (TPSA) is 74.3 Å². The van der Waals surface area contributed by atoms with Crippen LogP contribution in [0.25, 0.3) is 10.9 Å². The fourth-order valence-corrected chi connectivity index (χ4v) is 4.45. The molecule has 5 heteroatoms. The van der Waals surface area contributed by atoms with Crippen LogP contribution in [0.15, 0.2) is 83.7 Å². The third kappa shape index (κ3) is 4.31. The Morgan fingerprint density at radius 1 is 0.938 bits per heavy atom. The Kier molecular flexibility index (Phi) is 5.75. The molecule has 1 atom stereocenters. The molecule has 1 heterocycles. The standard InChI is InChI=1S/C27H26N2O3/c30-24(16-28-22-14-20-8-4-5-9-21(20)15-22)23-12-10-19-11-13-25(31)29-26(19)27(23)32-17-18-6-2-1-3-7-18/h1-13,22,24,28,30H,14-17H2,(H,29,31)/t24-/m0/s1. The van der Waals surface area contributed by atoms with Crippen LogP contribution in [0.5, 0.6) is 5.75 Å². The van der Waals surface area contributed by atoms with Crippen molar-refractivity contribution in [1.29, 1.82) is 0 Å². The molecule has 1 aliphatic carbocycles. The van der Waals surface area contributed by atoms with Gasteiger partial charge in [0, 0.05) is 29.6 Å². The number of aromatic nitrogens is 1. The molecule has 0 amide bonds. The van der Waals surface area contributed by atoms with Gasteiger partial charge in [-0.15, -0.1) is 0 Å². The molecule has 0 aliphatic heterocycles. The first kappa shape index (κ1) is 20.5. The average molecular weight is 427 g/mol. The van der Waals surface area contributed by atoms with Gasteiger partial charge in [-0.3, -0.25) is 4.79 Å². The molecule has 0 radical (unpaired) electrons. The van der Waals surface area contributed by atoms with Crippen LogP contribution in [-0.2, 0) is 19.4 Å². The lowest BCUT2D eigenvalue weighted by molar-refractivity contribution is 0.163. The van der Waals surface area contributed by atoms with Gasteiger partial charge in [-0.1, -0.05) is 66.7 Å². The fraction of sp³-hybridized carbons (Fsp3) is 0.222. The average Bonchev–Trinajstić information content (AvgIpc) is 3.24. The second-order valence-corrected chi connectivity index (χ2v) is 8.34. The molecule has 0 bridgehead atoms. The van der Waals surface area contributed by atoms with E-state index < -0.39 is 6.10 Å². The quantitative estimate of drug-likeness (QED) is 0.419. The second-order valence-electron chi connectivity index (χ2n) is 8.34. The second kappa shape index (κ2) is 8.99. The number of ether oxygens (including phenoxy) is 1. The maximum absolute atomic E-state index is 12.0. The van der Waals surface area contributed by atoms with Crippen molar-refractivity contribution in [2.75, 3.05) is 6.54 Å². The summed E-state index contributed by atoms with van der Waals surface area (Å²) in [6.07, 6.45) is 1.16. The number of nitrogens with one attached hydrogen (secondary N) is 2. The number of pyridine rings is 1. The highest BCUT2D eigenvalue weighted by molar-refractivity contribution is 5.85. The van der Waals surface area contributed by atoms with E-state index in [9.17, 15) is 9.90 Å². The molecule has 0 spiro atoms. The Balaban J connectivity index is 1.37. The van der Waals surface area contributed by atoms with E-state index >= 15 is 0 Å². The van der Waals surface area contributed by atoms with Crippen LogP contribution >= 0.6 is 0 Å². The van der Waals surface area contributed by atoms with Crippen molar-refractivity contribution in [1.82, 2.24) is 10.3 Å². The zero-order valence-corrected chi connectivity index (χ0v) is 17.8. The molecule has 3 N–H and O–H groups in total. The molecule has 0 unspecified atom stereocenters. The predicted octanol–water partition coefficient (Wildman–Crippen LogP) is 3.90. The van der Waals surface area contributed by atoms with Gasteiger partial charge in [-0.25, -0.2) is 0 Å². The van der Waals surface area contributed by atoms with Gasteiger partial charge in [-0.2, -0.15) is 0 Å². The number of H-pyrrole nitrogens is 1. The smallest absolute Gasteiger partial charge is 0.248 e. The molecule has 1 aliphatic rings. The summed E-state index contributed by atoms with van der Waals surface area (Å²) in [5.41, 5.74) is 4.83. The number of fused-ring (bicyclic) bond motifs is 2. The number of aromatic amines is 1. The highest BCUT2D eigenvalue weighted by atomic mass is 16.5. The van der Waals surface area contributed by atoms with Gasteiger partial charge in [-0.05, 0) is 35.6 Å². The Morgan fingerprint density at radius 2 is 1.62 bits per heavy atom. The first-order chi connectivity index (χ1) is 15.7. The van der Waals surface area contributed by atoms with E-state index in [4.69, 9.17) is 4.74 Å². The van der Waals surface area contributed by atoms with E-state index in [0.29, 0.717) is 36.0 Å². The minimum Gasteiger partial charge on any atom is -0.486 e. The lowest BCUT2D eigenvalue weighted by Gasteiger charge is -2.20. The van der Waals surface area contributed by atoms with Crippen molar-refractivity contribution in [3.05, 3.63) is 111 Å². The van der Waals surface area contributed by atoms with E-state index in [0.717, 1.165) is 23.8 Å². The van der Waals surface area contributed by atoms with Gasteiger partial charge in [0.15, 0.2) is 0 Å². The maximum Gasteiger partial charge on any atom is 0.248 e. The third-order valence-corrected chi connectivity index (χ3v) is 6.12. The van der Waals surface area contributed by atoms with Crippen molar-refractivity contribution in [3.63, 3.8) is 0 Å². The summed E-state index contributed by atoms with van der Waals surface area (Å²) < 4.78 is 6.18. The summed E-state index contributed by atoms with van der Waals surface area (Å²) in [6, 6.07) is 25.7. The van der Waals surface area contributed by atoms with Gasteiger partial charge in [0.05, 0.1) is 11.6 Å². The highest BCUT2D eigenvalue weighted by Crippen LogP contribution is 2.33. The van der Waals surface area contributed by atoms with Crippen LogP contribution in [0, 0.1) is 0 Å². The first-order valence-electron chi connectivity index (χ1n) is 11.0. The van der Waals surface area contributed by atoms with Crippen LogP contribution in [-0.4, -0.2) is 22.7 Å². The first-order valence-corrected chi connectivity index (χ1v) is 11.0. The summed E-state index contributed by atoms with van der Waals surface area (Å²) in [5.74, 6) is 0.521. The lowest BCUT2D eigenvalue weighted by Crippen LogP contribution is -2.33. The minimum absolute atomic E-state index is 0.199. The van der Waals surface area contributed by atoms with E-state index in [-0.39, 0.29) is 5.56 Å². The van der Waals surface area contributed by atoms with Gasteiger partial charge >= 0.3 is 0 Å². The van der Waals surface area contributed by atoms with E-state index in [1.54, 1.807) is 6.07 Å². The maximum atomic E-state index is 12.0. The Morgan fingerprint density at radius 3 is 2.38 bits per heavy atom. The van der Waals surface area contributed by atoms with Gasteiger partial charge in [0.2, 0.25) is 5.56 Å². The number of rotatable bonds is 7. The molecule has 5 nitrogen and oxygen atoms in total. The molecule has 1 aromatic heterocycles. The summed E-state index contributed by atoms with van der Waals surface area (Å²) in [5, 5.41) is 15.4. The van der Waals surface area contributed by atoms with Crippen molar-refractivity contribution in [3.8, 4) is 5.75 Å². The minimum atomic E-state index is -0.766. The summed E-state index contributed by atoms with van der Waals surface area (Å²) >= 11 is 0. The molecular weight excluding hydrogens is 400 g/mol. The normalized spacial score (nSPS) is 14.4. The molecule has 32 heavy (non-hydrogen) atoms. The molecule has 162 valence electrons. The SMILES string of the molecule is O=c1ccc2ccc([C@@H](O)CNC3Cc4ccccc4C3)c(OCc3ccccc3)c2[nH]1. The van der Waals surface area contributed by atoms with Gasteiger partial charge in [0.1, 0.15) is 12.4 Å². The van der Waals surface area contributed by atoms with Gasteiger partial charge < -0.3 is 20.1 Å². The van der Waals surface area contributed by atoms with Crippen LogP contribution < -0.4 is 15.6 Å². The van der Waals surface area contributed by atoms with E-state index in [1.807, 2.05) is 42.5 Å². The third-order valence-electron chi connectivity index (χ3n) is 6.12. The molecule has 3 aromatic carbocycles. The fourth-order valence-electron chi connectivity index (χ4n) is 4.45. The zero-order valence-electron chi connectivity index (χ0n) is 17.8. The summed E-state index contributed by atoms with van der Waals surface area (Å²) in [7, 11) is 0. The summed E-state index contributed by atoms with van der Waals surface area (Å²) in [6.45, 7) is 0.755. The number of hydrogen-bond donors (Lipinski definition) is 3. The van der Waals surface area contributed by atoms with Crippen molar-refractivity contribution in [2.45, 2.75) is 31.6 Å². The highest BCUT2D eigenvalue weighted by Gasteiger charge is 2.23. The van der Waals surface area contributed by atoms with Gasteiger partial charge in [0.25, 0.3) is 0 Å². The number of aliphatic hydroxyl groups is 1. The zero-order chi connectivity index (χ0) is 21.9. The number of hydrogen-bond acceptors (Lipinski definition) is 4. The Labute approximate surface area is 186 Å². The van der Waals surface area contributed by atoms with Crippen LogP contribution in [0.4, 0.5) is 0 Å². The Bertz CT molecular complexity index is 1260. The monoisotopic (exact) mass is 426 g/mol. The van der Waals surface area contributed by atoms with E-state index in [2.05, 4.69) is 34.6 Å². The lowest BCUT2D eigenvalue weighted by atomic mass is 10.0.